The zero-order valence-corrected chi connectivity index (χ0v) is 11.1. The Morgan fingerprint density at radius 2 is 2.17 bits per heavy atom. The van der Waals surface area contributed by atoms with Gasteiger partial charge in [0.25, 0.3) is 0 Å². The first-order valence-corrected chi connectivity index (χ1v) is 6.67. The second-order valence-electron chi connectivity index (χ2n) is 4.89. The smallest absolute Gasteiger partial charge is 0.0359 e. The predicted molar refractivity (Wildman–Crippen MR) is 78.4 cm³/mol. The van der Waals surface area contributed by atoms with E-state index >= 15 is 0 Å². The molecule has 0 radical (unpaired) electrons. The minimum atomic E-state index is 0.852. The summed E-state index contributed by atoms with van der Waals surface area (Å²) in [6, 6.07) is 6.19. The van der Waals surface area contributed by atoms with Crippen molar-refractivity contribution in [1.29, 1.82) is 0 Å². The molecule has 0 fully saturated rings. The summed E-state index contributed by atoms with van der Waals surface area (Å²) in [5, 5.41) is 3.46. The molecule has 96 valence electrons. The number of nitrogen functional groups attached to an aromatic ring is 1. The summed E-state index contributed by atoms with van der Waals surface area (Å²) < 4.78 is 0. The molecule has 0 saturated heterocycles. The molecular formula is C16H22N2. The number of rotatable bonds is 5. The molecule has 0 aliphatic heterocycles. The van der Waals surface area contributed by atoms with Crippen LogP contribution in [0.1, 0.15) is 30.4 Å². The number of anilines is 1. The van der Waals surface area contributed by atoms with Gasteiger partial charge in [0.05, 0.1) is 0 Å². The summed E-state index contributed by atoms with van der Waals surface area (Å²) in [4.78, 5) is 0. The number of aryl methyl sites for hydroxylation is 1. The second kappa shape index (κ2) is 6.41. The van der Waals surface area contributed by atoms with Crippen LogP contribution in [0.4, 0.5) is 5.69 Å². The normalized spacial score (nSPS) is 14.6. The van der Waals surface area contributed by atoms with E-state index in [1.165, 1.54) is 29.5 Å². The maximum atomic E-state index is 5.95. The van der Waals surface area contributed by atoms with E-state index in [9.17, 15) is 0 Å². The van der Waals surface area contributed by atoms with Crippen molar-refractivity contribution in [2.24, 2.45) is 0 Å². The van der Waals surface area contributed by atoms with Crippen LogP contribution in [0.5, 0.6) is 0 Å². The molecule has 2 nitrogen and oxygen atoms in total. The first-order chi connectivity index (χ1) is 8.75. The van der Waals surface area contributed by atoms with Crippen LogP contribution < -0.4 is 11.1 Å². The van der Waals surface area contributed by atoms with Crippen LogP contribution in [0.25, 0.3) is 0 Å². The standard InChI is InChI=1S/C16H22N2/c1-13-7-8-16(17)15(11-13)12-18-10-9-14-5-3-2-4-6-14/h3,5-8,11,18H,2,4,9-10,12,17H2,1H3. The zero-order valence-electron chi connectivity index (χ0n) is 11.1. The predicted octanol–water partition coefficient (Wildman–Crippen LogP) is 3.33. The van der Waals surface area contributed by atoms with Gasteiger partial charge in [-0.2, -0.15) is 0 Å². The van der Waals surface area contributed by atoms with Crippen LogP contribution in [0.2, 0.25) is 0 Å². The highest BCUT2D eigenvalue weighted by Crippen LogP contribution is 2.14. The molecule has 0 heterocycles. The van der Waals surface area contributed by atoms with Gasteiger partial charge in [0.15, 0.2) is 0 Å². The first kappa shape index (κ1) is 12.9. The Hall–Kier alpha value is -1.54. The fraction of sp³-hybridized carbons (Fsp3) is 0.375. The third-order valence-electron chi connectivity index (χ3n) is 3.28. The van der Waals surface area contributed by atoms with Crippen molar-refractivity contribution >= 4 is 5.69 Å². The van der Waals surface area contributed by atoms with Crippen LogP contribution in [-0.2, 0) is 6.54 Å². The summed E-state index contributed by atoms with van der Waals surface area (Å²) in [6.07, 6.45) is 10.3. The van der Waals surface area contributed by atoms with Crippen molar-refractivity contribution < 1.29 is 0 Å². The minimum Gasteiger partial charge on any atom is -0.398 e. The third-order valence-corrected chi connectivity index (χ3v) is 3.28. The molecule has 0 amide bonds. The maximum Gasteiger partial charge on any atom is 0.0359 e. The minimum absolute atomic E-state index is 0.852. The van der Waals surface area contributed by atoms with Gasteiger partial charge >= 0.3 is 0 Å². The fourth-order valence-electron chi connectivity index (χ4n) is 2.20. The molecule has 1 aliphatic carbocycles. The van der Waals surface area contributed by atoms with Crippen molar-refractivity contribution in [3.63, 3.8) is 0 Å². The summed E-state index contributed by atoms with van der Waals surface area (Å²) in [6.45, 7) is 3.95. The van der Waals surface area contributed by atoms with Crippen LogP contribution in [-0.4, -0.2) is 6.54 Å². The molecule has 1 aliphatic rings. The first-order valence-electron chi connectivity index (χ1n) is 6.67. The number of hydrogen-bond donors (Lipinski definition) is 2. The highest BCUT2D eigenvalue weighted by atomic mass is 14.8. The molecule has 1 aromatic carbocycles. The summed E-state index contributed by atoms with van der Waals surface area (Å²) >= 11 is 0. The van der Waals surface area contributed by atoms with Gasteiger partial charge in [-0.1, -0.05) is 41.5 Å². The lowest BCUT2D eigenvalue weighted by atomic mass is 10.0. The van der Waals surface area contributed by atoms with E-state index in [2.05, 4.69) is 42.6 Å². The molecule has 0 bridgehead atoms. The van der Waals surface area contributed by atoms with E-state index in [4.69, 9.17) is 5.73 Å². The Morgan fingerprint density at radius 3 is 2.94 bits per heavy atom. The molecular weight excluding hydrogens is 220 g/mol. The van der Waals surface area contributed by atoms with E-state index < -0.39 is 0 Å². The Balaban J connectivity index is 1.76. The van der Waals surface area contributed by atoms with Crippen molar-refractivity contribution in [3.8, 4) is 0 Å². The van der Waals surface area contributed by atoms with Gasteiger partial charge < -0.3 is 11.1 Å². The molecule has 0 saturated carbocycles. The van der Waals surface area contributed by atoms with Crippen molar-refractivity contribution in [1.82, 2.24) is 5.32 Å². The molecule has 0 unspecified atom stereocenters. The van der Waals surface area contributed by atoms with Gasteiger partial charge in [-0.25, -0.2) is 0 Å². The van der Waals surface area contributed by atoms with E-state index in [-0.39, 0.29) is 0 Å². The topological polar surface area (TPSA) is 38.0 Å². The van der Waals surface area contributed by atoms with Crippen molar-refractivity contribution in [2.75, 3.05) is 12.3 Å². The lowest BCUT2D eigenvalue weighted by molar-refractivity contribution is 0.686. The van der Waals surface area contributed by atoms with E-state index in [0.29, 0.717) is 0 Å². The lowest BCUT2D eigenvalue weighted by Crippen LogP contribution is -2.16. The van der Waals surface area contributed by atoms with Gasteiger partial charge in [0, 0.05) is 12.2 Å². The van der Waals surface area contributed by atoms with Gasteiger partial charge in [-0.15, -0.1) is 0 Å². The van der Waals surface area contributed by atoms with Crippen LogP contribution in [0.3, 0.4) is 0 Å². The fourth-order valence-corrected chi connectivity index (χ4v) is 2.20. The molecule has 3 N–H and O–H groups in total. The van der Waals surface area contributed by atoms with E-state index in [0.717, 1.165) is 25.2 Å². The van der Waals surface area contributed by atoms with Gasteiger partial charge in [-0.05, 0) is 44.4 Å². The number of hydrogen-bond acceptors (Lipinski definition) is 2. The molecule has 0 spiro atoms. The monoisotopic (exact) mass is 242 g/mol. The van der Waals surface area contributed by atoms with Crippen LogP contribution in [0, 0.1) is 6.92 Å². The van der Waals surface area contributed by atoms with Crippen LogP contribution in [0.15, 0.2) is 42.0 Å². The van der Waals surface area contributed by atoms with E-state index in [1.807, 2.05) is 6.07 Å². The van der Waals surface area contributed by atoms with Gasteiger partial charge in [-0.3, -0.25) is 0 Å². The van der Waals surface area contributed by atoms with Crippen molar-refractivity contribution in [2.45, 2.75) is 32.7 Å². The SMILES string of the molecule is Cc1ccc(N)c(CNCCC2=CCCC=C2)c1. The Morgan fingerprint density at radius 1 is 1.28 bits per heavy atom. The number of allylic oxidation sites excluding steroid dienone is 3. The number of benzene rings is 1. The molecule has 2 rings (SSSR count). The quantitative estimate of drug-likeness (QED) is 0.614. The largest absolute Gasteiger partial charge is 0.398 e. The molecule has 2 heteroatoms. The van der Waals surface area contributed by atoms with Crippen LogP contribution >= 0.6 is 0 Å². The van der Waals surface area contributed by atoms with Gasteiger partial charge in [0.1, 0.15) is 0 Å². The average Bonchev–Trinajstić information content (AvgIpc) is 2.40. The van der Waals surface area contributed by atoms with Crippen molar-refractivity contribution in [3.05, 3.63) is 53.1 Å². The summed E-state index contributed by atoms with van der Waals surface area (Å²) in [5.41, 5.74) is 10.7. The molecule has 0 aromatic heterocycles. The summed E-state index contributed by atoms with van der Waals surface area (Å²) in [5.74, 6) is 0. The molecule has 1 aromatic rings. The number of nitrogens with two attached hydrogens (primary N) is 1. The Labute approximate surface area is 110 Å². The molecule has 0 atom stereocenters. The number of nitrogens with one attached hydrogen (secondary N) is 1. The average molecular weight is 242 g/mol. The molecule has 18 heavy (non-hydrogen) atoms. The Bertz CT molecular complexity index is 458. The second-order valence-corrected chi connectivity index (χ2v) is 4.89. The highest BCUT2D eigenvalue weighted by molar-refractivity contribution is 5.48. The zero-order chi connectivity index (χ0) is 12.8. The van der Waals surface area contributed by atoms with Gasteiger partial charge in [0.2, 0.25) is 0 Å². The Kier molecular flexibility index (Phi) is 4.59. The van der Waals surface area contributed by atoms with E-state index in [1.54, 1.807) is 0 Å². The lowest BCUT2D eigenvalue weighted by Gasteiger charge is -2.10. The third kappa shape index (κ3) is 3.74. The maximum absolute atomic E-state index is 5.95. The highest BCUT2D eigenvalue weighted by Gasteiger charge is 2.00. The summed E-state index contributed by atoms with van der Waals surface area (Å²) in [7, 11) is 0.